The minimum atomic E-state index is -3.52. The first-order valence-corrected chi connectivity index (χ1v) is 7.30. The normalized spacial score (nSPS) is 17.5. The van der Waals surface area contributed by atoms with Crippen LogP contribution < -0.4 is 10.1 Å². The number of hydrogen-bond acceptors (Lipinski definition) is 7. The van der Waals surface area contributed by atoms with Gasteiger partial charge in [0.25, 0.3) is 5.92 Å². The highest BCUT2D eigenvalue weighted by Gasteiger charge is 2.45. The van der Waals surface area contributed by atoms with Gasteiger partial charge in [0.1, 0.15) is 12.6 Å². The van der Waals surface area contributed by atoms with E-state index in [9.17, 15) is 24.0 Å². The van der Waals surface area contributed by atoms with Gasteiger partial charge in [0.05, 0.1) is 12.0 Å². The number of rotatable bonds is 6. The van der Waals surface area contributed by atoms with E-state index in [1.807, 2.05) is 0 Å². The number of phenolic OH excluding ortho intramolecular Hbond substituents is 1. The summed E-state index contributed by atoms with van der Waals surface area (Å²) < 4.78 is 33.6. The lowest BCUT2D eigenvalue weighted by molar-refractivity contribution is -0.386. The summed E-state index contributed by atoms with van der Waals surface area (Å²) in [5.74, 6) is -4.52. The van der Waals surface area contributed by atoms with E-state index in [2.05, 4.69) is 5.32 Å². The number of phenols is 1. The van der Waals surface area contributed by atoms with Crippen LogP contribution in [0.15, 0.2) is 12.1 Å². The number of ether oxygens (including phenoxy) is 1. The summed E-state index contributed by atoms with van der Waals surface area (Å²) in [6.45, 7) is 0.137. The van der Waals surface area contributed by atoms with Crippen LogP contribution in [-0.4, -0.2) is 65.9 Å². The van der Waals surface area contributed by atoms with Crippen LogP contribution in [0.3, 0.4) is 0 Å². The smallest absolute Gasteiger partial charge is 0.314 e. The zero-order chi connectivity index (χ0) is 17.9. The SMILES string of the molecule is COc1cc([C@H](N2CCNCC2)C(F)(F)CO)cc([N+](=O)[O-])c1O. The van der Waals surface area contributed by atoms with E-state index in [0.717, 1.165) is 12.1 Å². The number of hydrogen-bond donors (Lipinski definition) is 3. The number of aliphatic hydroxyl groups is 1. The number of alkyl halides is 2. The van der Waals surface area contributed by atoms with Crippen molar-refractivity contribution in [2.75, 3.05) is 39.9 Å². The Hall–Kier alpha value is -2.04. The molecule has 2 rings (SSSR count). The van der Waals surface area contributed by atoms with E-state index < -0.39 is 34.9 Å². The van der Waals surface area contributed by atoms with Gasteiger partial charge in [-0.2, -0.15) is 0 Å². The van der Waals surface area contributed by atoms with Crippen LogP contribution in [0.5, 0.6) is 11.5 Å². The first-order valence-electron chi connectivity index (χ1n) is 7.30. The van der Waals surface area contributed by atoms with Crippen LogP contribution >= 0.6 is 0 Å². The average Bonchev–Trinajstić information content (AvgIpc) is 2.56. The van der Waals surface area contributed by atoms with E-state index in [1.165, 1.54) is 12.0 Å². The molecule has 24 heavy (non-hydrogen) atoms. The summed E-state index contributed by atoms with van der Waals surface area (Å²) in [6.07, 6.45) is 0. The Morgan fingerprint density at radius 3 is 2.58 bits per heavy atom. The van der Waals surface area contributed by atoms with Gasteiger partial charge in [0, 0.05) is 32.2 Å². The second kappa shape index (κ2) is 7.24. The lowest BCUT2D eigenvalue weighted by Crippen LogP contribution is -2.51. The maximum atomic E-state index is 14.4. The molecule has 1 aliphatic rings. The summed E-state index contributed by atoms with van der Waals surface area (Å²) >= 11 is 0. The van der Waals surface area contributed by atoms with Gasteiger partial charge in [-0.25, -0.2) is 8.78 Å². The third kappa shape index (κ3) is 3.55. The number of nitro benzene ring substituents is 1. The molecule has 134 valence electrons. The molecule has 1 fully saturated rings. The standard InChI is InChI=1S/C14H19F2N3O5/c1-24-11-7-9(6-10(12(11)21)19(22)23)13(14(15,16)8-20)18-4-2-17-3-5-18/h6-7,13,17,20-21H,2-5,8H2,1H3/t13-/m0/s1. The minimum Gasteiger partial charge on any atom is -0.500 e. The Bertz CT molecular complexity index is 608. The maximum Gasteiger partial charge on any atom is 0.314 e. The van der Waals surface area contributed by atoms with Crippen molar-refractivity contribution in [3.8, 4) is 11.5 Å². The van der Waals surface area contributed by atoms with Crippen LogP contribution in [0.4, 0.5) is 14.5 Å². The van der Waals surface area contributed by atoms with E-state index in [4.69, 9.17) is 9.84 Å². The van der Waals surface area contributed by atoms with Gasteiger partial charge >= 0.3 is 5.69 Å². The van der Waals surface area contributed by atoms with Crippen LogP contribution in [0.1, 0.15) is 11.6 Å². The fourth-order valence-electron chi connectivity index (χ4n) is 2.82. The molecule has 1 atom stereocenters. The average molecular weight is 347 g/mol. The fraction of sp³-hybridized carbons (Fsp3) is 0.571. The number of nitrogens with one attached hydrogen (secondary N) is 1. The minimum absolute atomic E-state index is 0.0997. The van der Waals surface area contributed by atoms with Crippen molar-refractivity contribution in [1.82, 2.24) is 10.2 Å². The highest BCUT2D eigenvalue weighted by Crippen LogP contribution is 2.43. The van der Waals surface area contributed by atoms with E-state index in [1.54, 1.807) is 0 Å². The molecule has 0 aliphatic carbocycles. The van der Waals surface area contributed by atoms with Gasteiger partial charge in [0.15, 0.2) is 5.75 Å². The van der Waals surface area contributed by atoms with Crippen molar-refractivity contribution in [3.63, 3.8) is 0 Å². The van der Waals surface area contributed by atoms with Crippen LogP contribution in [-0.2, 0) is 0 Å². The second-order valence-electron chi connectivity index (χ2n) is 5.46. The topological polar surface area (TPSA) is 108 Å². The summed E-state index contributed by atoms with van der Waals surface area (Å²) in [6, 6.07) is 0.463. The predicted octanol–water partition coefficient (Wildman–Crippen LogP) is 0.883. The van der Waals surface area contributed by atoms with E-state index >= 15 is 0 Å². The third-order valence-electron chi connectivity index (χ3n) is 3.94. The molecule has 0 radical (unpaired) electrons. The number of aromatic hydroxyl groups is 1. The molecule has 0 aromatic heterocycles. The molecule has 0 saturated carbocycles. The molecular weight excluding hydrogens is 328 g/mol. The highest BCUT2D eigenvalue weighted by atomic mass is 19.3. The molecule has 1 saturated heterocycles. The van der Waals surface area contributed by atoms with Crippen molar-refractivity contribution in [1.29, 1.82) is 0 Å². The van der Waals surface area contributed by atoms with Gasteiger partial charge in [-0.05, 0) is 11.6 Å². The first-order chi connectivity index (χ1) is 11.3. The van der Waals surface area contributed by atoms with E-state index in [-0.39, 0.29) is 24.4 Å². The van der Waals surface area contributed by atoms with Gasteiger partial charge in [-0.1, -0.05) is 0 Å². The van der Waals surface area contributed by atoms with Crippen molar-refractivity contribution in [2.24, 2.45) is 0 Å². The second-order valence-corrected chi connectivity index (χ2v) is 5.46. The van der Waals surface area contributed by atoms with Crippen molar-refractivity contribution in [3.05, 3.63) is 27.8 Å². The molecule has 10 heteroatoms. The number of methoxy groups -OCH3 is 1. The summed E-state index contributed by atoms with van der Waals surface area (Å²) in [5, 5.41) is 33.0. The molecule has 0 amide bonds. The highest BCUT2D eigenvalue weighted by molar-refractivity contribution is 5.57. The van der Waals surface area contributed by atoms with Gasteiger partial charge in [0.2, 0.25) is 5.75 Å². The number of nitro groups is 1. The molecule has 0 unspecified atom stereocenters. The molecule has 1 aromatic rings. The molecule has 8 nitrogen and oxygen atoms in total. The molecule has 1 heterocycles. The lowest BCUT2D eigenvalue weighted by atomic mass is 9.97. The Labute approximate surface area is 136 Å². The number of benzene rings is 1. The lowest BCUT2D eigenvalue weighted by Gasteiger charge is -2.38. The number of nitrogens with zero attached hydrogens (tertiary/aromatic N) is 2. The monoisotopic (exact) mass is 347 g/mol. The quantitative estimate of drug-likeness (QED) is 0.518. The molecular formula is C14H19F2N3O5. The zero-order valence-corrected chi connectivity index (χ0v) is 13.0. The van der Waals surface area contributed by atoms with Gasteiger partial charge < -0.3 is 20.3 Å². The number of aliphatic hydroxyl groups excluding tert-OH is 1. The summed E-state index contributed by atoms with van der Waals surface area (Å²) in [4.78, 5) is 11.7. The fourth-order valence-corrected chi connectivity index (χ4v) is 2.82. The molecule has 1 aromatic carbocycles. The zero-order valence-electron chi connectivity index (χ0n) is 13.0. The Kier molecular flexibility index (Phi) is 5.52. The predicted molar refractivity (Wildman–Crippen MR) is 80.5 cm³/mol. The Balaban J connectivity index is 2.56. The number of piperazine rings is 1. The summed E-state index contributed by atoms with van der Waals surface area (Å²) in [5.41, 5.74) is -0.824. The third-order valence-corrected chi connectivity index (χ3v) is 3.94. The largest absolute Gasteiger partial charge is 0.500 e. The van der Waals surface area contributed by atoms with Crippen molar-refractivity contribution < 1.29 is 28.7 Å². The maximum absolute atomic E-state index is 14.4. The van der Waals surface area contributed by atoms with Gasteiger partial charge in [-0.15, -0.1) is 0 Å². The van der Waals surface area contributed by atoms with Crippen LogP contribution in [0.25, 0.3) is 0 Å². The molecule has 0 bridgehead atoms. The van der Waals surface area contributed by atoms with E-state index in [0.29, 0.717) is 13.1 Å². The van der Waals surface area contributed by atoms with Crippen molar-refractivity contribution >= 4 is 5.69 Å². The number of halogens is 2. The van der Waals surface area contributed by atoms with Crippen LogP contribution in [0.2, 0.25) is 0 Å². The van der Waals surface area contributed by atoms with Gasteiger partial charge in [-0.3, -0.25) is 15.0 Å². The Morgan fingerprint density at radius 2 is 2.08 bits per heavy atom. The first kappa shape index (κ1) is 18.3. The van der Waals surface area contributed by atoms with Crippen molar-refractivity contribution in [2.45, 2.75) is 12.0 Å². The summed E-state index contributed by atoms with van der Waals surface area (Å²) in [7, 11) is 1.17. The molecule has 0 spiro atoms. The molecule has 1 aliphatic heterocycles. The Morgan fingerprint density at radius 1 is 1.46 bits per heavy atom. The molecule has 3 N–H and O–H groups in total. The van der Waals surface area contributed by atoms with Crippen LogP contribution in [0, 0.1) is 10.1 Å².